The maximum absolute atomic E-state index is 5.22. The normalized spacial score (nSPS) is 10.5. The minimum absolute atomic E-state index is 0.467. The highest BCUT2D eigenvalue weighted by atomic mass is 16.5. The Morgan fingerprint density at radius 1 is 1.00 bits per heavy atom. The molecule has 0 aliphatic heterocycles. The molecule has 5 nitrogen and oxygen atoms in total. The van der Waals surface area contributed by atoms with Crippen molar-refractivity contribution in [3.63, 3.8) is 0 Å². The minimum atomic E-state index is 0.467. The van der Waals surface area contributed by atoms with Gasteiger partial charge >= 0.3 is 0 Å². The molecule has 0 saturated heterocycles. The van der Waals surface area contributed by atoms with E-state index in [2.05, 4.69) is 20.1 Å². The minimum Gasteiger partial charge on any atom is -0.334 e. The fourth-order valence-electron chi connectivity index (χ4n) is 1.55. The van der Waals surface area contributed by atoms with Crippen molar-refractivity contribution in [3.8, 4) is 22.8 Å². The van der Waals surface area contributed by atoms with Gasteiger partial charge in [-0.15, -0.1) is 0 Å². The van der Waals surface area contributed by atoms with Gasteiger partial charge in [0.25, 0.3) is 5.89 Å². The van der Waals surface area contributed by atoms with Crippen molar-refractivity contribution in [2.75, 3.05) is 0 Å². The van der Waals surface area contributed by atoms with E-state index >= 15 is 0 Å². The Morgan fingerprint density at radius 3 is 2.56 bits per heavy atom. The van der Waals surface area contributed by atoms with Gasteiger partial charge in [0.05, 0.1) is 5.56 Å². The van der Waals surface area contributed by atoms with Crippen molar-refractivity contribution >= 4 is 0 Å². The van der Waals surface area contributed by atoms with Crippen LogP contribution >= 0.6 is 0 Å². The van der Waals surface area contributed by atoms with Crippen LogP contribution in [0.15, 0.2) is 47.4 Å². The summed E-state index contributed by atoms with van der Waals surface area (Å²) in [5.41, 5.74) is 2.64. The third kappa shape index (κ3) is 1.98. The molecule has 88 valence electrons. The molecular formula is C13H10N4O. The van der Waals surface area contributed by atoms with Gasteiger partial charge in [0, 0.05) is 29.8 Å². The lowest BCUT2D eigenvalue weighted by Crippen LogP contribution is -1.83. The van der Waals surface area contributed by atoms with Crippen molar-refractivity contribution < 1.29 is 4.52 Å². The van der Waals surface area contributed by atoms with Crippen molar-refractivity contribution in [3.05, 3.63) is 48.5 Å². The molecule has 0 atom stereocenters. The third-order valence-electron chi connectivity index (χ3n) is 2.52. The summed E-state index contributed by atoms with van der Waals surface area (Å²) in [6.07, 6.45) is 5.11. The lowest BCUT2D eigenvalue weighted by Gasteiger charge is -1.93. The molecule has 5 heteroatoms. The topological polar surface area (TPSA) is 64.7 Å². The van der Waals surface area contributed by atoms with E-state index in [1.165, 1.54) is 0 Å². The van der Waals surface area contributed by atoms with E-state index in [-0.39, 0.29) is 0 Å². The molecule has 0 unspecified atom stereocenters. The van der Waals surface area contributed by atoms with E-state index in [0.29, 0.717) is 11.7 Å². The van der Waals surface area contributed by atoms with Gasteiger partial charge in [0.15, 0.2) is 0 Å². The first-order valence-corrected chi connectivity index (χ1v) is 5.50. The zero-order valence-electron chi connectivity index (χ0n) is 9.74. The highest BCUT2D eigenvalue weighted by molar-refractivity contribution is 5.58. The van der Waals surface area contributed by atoms with Gasteiger partial charge in [0.2, 0.25) is 5.82 Å². The molecule has 0 aromatic carbocycles. The van der Waals surface area contributed by atoms with Crippen LogP contribution in [0.4, 0.5) is 0 Å². The SMILES string of the molecule is Cc1ccc(-c2nc(-c3ccncc3)no2)cn1. The van der Waals surface area contributed by atoms with Crippen LogP contribution in [-0.4, -0.2) is 20.1 Å². The maximum Gasteiger partial charge on any atom is 0.259 e. The zero-order chi connectivity index (χ0) is 12.4. The first kappa shape index (κ1) is 10.6. The standard InChI is InChI=1S/C13H10N4O/c1-9-2-3-11(8-15-9)13-16-12(17-18-13)10-4-6-14-7-5-10/h2-8H,1H3. The number of aryl methyl sites for hydroxylation is 1. The summed E-state index contributed by atoms with van der Waals surface area (Å²) in [5.74, 6) is 1.02. The second-order valence-electron chi connectivity index (χ2n) is 3.85. The van der Waals surface area contributed by atoms with E-state index in [1.807, 2.05) is 31.2 Å². The van der Waals surface area contributed by atoms with E-state index in [0.717, 1.165) is 16.8 Å². The van der Waals surface area contributed by atoms with E-state index < -0.39 is 0 Å². The van der Waals surface area contributed by atoms with Gasteiger partial charge in [-0.05, 0) is 31.2 Å². The summed E-state index contributed by atoms with van der Waals surface area (Å²) in [6, 6.07) is 7.49. The highest BCUT2D eigenvalue weighted by Gasteiger charge is 2.10. The Morgan fingerprint density at radius 2 is 1.83 bits per heavy atom. The number of aromatic nitrogens is 4. The third-order valence-corrected chi connectivity index (χ3v) is 2.52. The molecule has 18 heavy (non-hydrogen) atoms. The largest absolute Gasteiger partial charge is 0.334 e. The van der Waals surface area contributed by atoms with Crippen LogP contribution in [0.2, 0.25) is 0 Å². The average molecular weight is 238 g/mol. The molecule has 0 radical (unpaired) electrons. The van der Waals surface area contributed by atoms with Gasteiger partial charge in [-0.3, -0.25) is 9.97 Å². The fourth-order valence-corrected chi connectivity index (χ4v) is 1.55. The lowest BCUT2D eigenvalue weighted by molar-refractivity contribution is 0.432. The van der Waals surface area contributed by atoms with Gasteiger partial charge in [-0.25, -0.2) is 0 Å². The van der Waals surface area contributed by atoms with Crippen LogP contribution < -0.4 is 0 Å². The van der Waals surface area contributed by atoms with Crippen LogP contribution in [0.3, 0.4) is 0 Å². The summed E-state index contributed by atoms with van der Waals surface area (Å²) in [4.78, 5) is 12.5. The highest BCUT2D eigenvalue weighted by Crippen LogP contribution is 2.20. The van der Waals surface area contributed by atoms with Crippen LogP contribution in [0.25, 0.3) is 22.8 Å². The number of rotatable bonds is 2. The van der Waals surface area contributed by atoms with Crippen molar-refractivity contribution in [1.29, 1.82) is 0 Å². The predicted molar refractivity (Wildman–Crippen MR) is 65.5 cm³/mol. The van der Waals surface area contributed by atoms with E-state index in [9.17, 15) is 0 Å². The molecule has 0 fully saturated rings. The van der Waals surface area contributed by atoms with Gasteiger partial charge in [-0.2, -0.15) is 4.98 Å². The molecule has 0 bridgehead atoms. The predicted octanol–water partition coefficient (Wildman–Crippen LogP) is 2.50. The smallest absolute Gasteiger partial charge is 0.259 e. The lowest BCUT2D eigenvalue weighted by atomic mass is 10.2. The maximum atomic E-state index is 5.22. The molecule has 0 amide bonds. The zero-order valence-corrected chi connectivity index (χ0v) is 9.74. The van der Waals surface area contributed by atoms with E-state index in [1.54, 1.807) is 18.6 Å². The molecule has 3 heterocycles. The summed E-state index contributed by atoms with van der Waals surface area (Å²) in [7, 11) is 0. The van der Waals surface area contributed by atoms with Crippen LogP contribution in [0, 0.1) is 6.92 Å². The van der Waals surface area contributed by atoms with Crippen molar-refractivity contribution in [1.82, 2.24) is 20.1 Å². The molecule has 3 aromatic rings. The monoisotopic (exact) mass is 238 g/mol. The molecule has 3 aromatic heterocycles. The second kappa shape index (κ2) is 4.37. The number of hydrogen-bond acceptors (Lipinski definition) is 5. The molecule has 3 rings (SSSR count). The first-order valence-electron chi connectivity index (χ1n) is 5.50. The number of pyridine rings is 2. The molecule has 0 spiro atoms. The van der Waals surface area contributed by atoms with Crippen molar-refractivity contribution in [2.45, 2.75) is 6.92 Å². The molecule has 0 N–H and O–H groups in total. The molecular weight excluding hydrogens is 228 g/mol. The van der Waals surface area contributed by atoms with Gasteiger partial charge < -0.3 is 4.52 Å². The average Bonchev–Trinajstić information content (AvgIpc) is 2.90. The summed E-state index contributed by atoms with van der Waals surface area (Å²) < 4.78 is 5.22. The van der Waals surface area contributed by atoms with E-state index in [4.69, 9.17) is 4.52 Å². The summed E-state index contributed by atoms with van der Waals surface area (Å²) >= 11 is 0. The quantitative estimate of drug-likeness (QED) is 0.686. The Bertz CT molecular complexity index is 646. The molecule has 0 saturated carbocycles. The van der Waals surface area contributed by atoms with Crippen LogP contribution in [0.1, 0.15) is 5.69 Å². The van der Waals surface area contributed by atoms with Gasteiger partial charge in [-0.1, -0.05) is 5.16 Å². The second-order valence-corrected chi connectivity index (χ2v) is 3.85. The Labute approximate surface area is 104 Å². The Hall–Kier alpha value is -2.56. The van der Waals surface area contributed by atoms with Gasteiger partial charge in [0.1, 0.15) is 0 Å². The summed E-state index contributed by atoms with van der Waals surface area (Å²) in [5, 5.41) is 3.94. The first-order chi connectivity index (χ1) is 8.83. The fraction of sp³-hybridized carbons (Fsp3) is 0.0769. The molecule has 0 aliphatic carbocycles. The molecule has 0 aliphatic rings. The summed E-state index contributed by atoms with van der Waals surface area (Å²) in [6.45, 7) is 1.93. The van der Waals surface area contributed by atoms with Crippen LogP contribution in [0.5, 0.6) is 0 Å². The Balaban J connectivity index is 1.97. The van der Waals surface area contributed by atoms with Crippen LogP contribution in [-0.2, 0) is 0 Å². The number of nitrogens with zero attached hydrogens (tertiary/aromatic N) is 4. The van der Waals surface area contributed by atoms with Crippen molar-refractivity contribution in [2.24, 2.45) is 0 Å². The Kier molecular flexibility index (Phi) is 2.57. The number of hydrogen-bond donors (Lipinski definition) is 0.